The van der Waals surface area contributed by atoms with Gasteiger partial charge in [0, 0.05) is 5.92 Å². The number of rotatable bonds is 17. The molecule has 0 aromatic carbocycles. The third kappa shape index (κ3) is 13.6. The lowest BCUT2D eigenvalue weighted by molar-refractivity contribution is -0.128. The van der Waals surface area contributed by atoms with Crippen LogP contribution in [0.15, 0.2) is 12.2 Å². The average Bonchev–Trinajstić information content (AvgIpc) is 2.79. The normalized spacial score (nSPS) is 21.3. The summed E-state index contributed by atoms with van der Waals surface area (Å²) in [5, 5.41) is 23.0. The van der Waals surface area contributed by atoms with Gasteiger partial charge in [0.1, 0.15) is 0 Å². The molecular formula is C29H55NO3. The van der Waals surface area contributed by atoms with Crippen molar-refractivity contribution in [1.29, 1.82) is 0 Å². The van der Waals surface area contributed by atoms with Crippen LogP contribution in [0, 0.1) is 17.3 Å². The molecule has 33 heavy (non-hydrogen) atoms. The van der Waals surface area contributed by atoms with Gasteiger partial charge in [0.25, 0.3) is 0 Å². The highest BCUT2D eigenvalue weighted by molar-refractivity contribution is 5.79. The smallest absolute Gasteiger partial charge is 0.223 e. The lowest BCUT2D eigenvalue weighted by atomic mass is 9.69. The van der Waals surface area contributed by atoms with Gasteiger partial charge in [-0.15, -0.1) is 0 Å². The number of carbonyl (C=O) groups excluding carboxylic acids is 1. The zero-order chi connectivity index (χ0) is 24.5. The van der Waals surface area contributed by atoms with Gasteiger partial charge in [0.15, 0.2) is 0 Å². The van der Waals surface area contributed by atoms with E-state index in [0.29, 0.717) is 11.3 Å². The van der Waals surface area contributed by atoms with E-state index in [9.17, 15) is 15.0 Å². The molecule has 1 saturated carbocycles. The van der Waals surface area contributed by atoms with E-state index in [1.165, 1.54) is 64.2 Å². The van der Waals surface area contributed by atoms with Crippen LogP contribution < -0.4 is 5.32 Å². The minimum Gasteiger partial charge on any atom is -0.394 e. The first kappa shape index (κ1) is 30.2. The number of carbonyl (C=O) groups is 1. The summed E-state index contributed by atoms with van der Waals surface area (Å²) in [6, 6.07) is -0.619. The average molecular weight is 466 g/mol. The number of unbranched alkanes of at least 4 members (excludes halogenated alkanes) is 11. The molecule has 0 unspecified atom stereocenters. The zero-order valence-electron chi connectivity index (χ0n) is 22.3. The van der Waals surface area contributed by atoms with Gasteiger partial charge in [-0.3, -0.25) is 4.79 Å². The number of hydrogen-bond donors (Lipinski definition) is 3. The molecule has 0 heterocycles. The van der Waals surface area contributed by atoms with Gasteiger partial charge in [-0.25, -0.2) is 0 Å². The maximum atomic E-state index is 12.7. The predicted molar refractivity (Wildman–Crippen MR) is 140 cm³/mol. The summed E-state index contributed by atoms with van der Waals surface area (Å²) in [5.41, 5.74) is 0.296. The molecule has 4 heteroatoms. The van der Waals surface area contributed by atoms with E-state index >= 15 is 0 Å². The van der Waals surface area contributed by atoms with Crippen LogP contribution >= 0.6 is 0 Å². The molecule has 0 bridgehead atoms. The van der Waals surface area contributed by atoms with Gasteiger partial charge in [0.2, 0.25) is 5.91 Å². The zero-order valence-corrected chi connectivity index (χ0v) is 22.3. The first-order chi connectivity index (χ1) is 15.8. The van der Waals surface area contributed by atoms with Crippen LogP contribution in [0.25, 0.3) is 0 Å². The van der Waals surface area contributed by atoms with Gasteiger partial charge in [-0.1, -0.05) is 104 Å². The van der Waals surface area contributed by atoms with E-state index in [4.69, 9.17) is 0 Å². The predicted octanol–water partition coefficient (Wildman–Crippen LogP) is 6.93. The molecule has 2 atom stereocenters. The van der Waals surface area contributed by atoms with E-state index in [1.54, 1.807) is 6.08 Å². The molecule has 0 spiro atoms. The number of amides is 1. The highest BCUT2D eigenvalue weighted by Gasteiger charge is 2.33. The highest BCUT2D eigenvalue weighted by atomic mass is 16.3. The molecule has 194 valence electrons. The number of allylic oxidation sites excluding steroid dienone is 1. The summed E-state index contributed by atoms with van der Waals surface area (Å²) in [6.07, 6.45) is 22.4. The molecular weight excluding hydrogens is 410 g/mol. The van der Waals surface area contributed by atoms with Gasteiger partial charge in [0.05, 0.1) is 18.8 Å². The minimum atomic E-state index is -0.836. The molecule has 1 aliphatic rings. The summed E-state index contributed by atoms with van der Waals surface area (Å²) < 4.78 is 0. The number of aliphatic hydroxyl groups excluding tert-OH is 2. The van der Waals surface area contributed by atoms with Crippen molar-refractivity contribution in [2.45, 2.75) is 143 Å². The lowest BCUT2D eigenvalue weighted by Gasteiger charge is -2.37. The topological polar surface area (TPSA) is 69.6 Å². The standard InChI is InChI=1S/C29H55NO3/c1-5-6-7-8-9-10-11-12-13-14-15-16-17-18-27(32)26(23-31)30-28(33)24-19-21-25(22-20-24)29(2,3)4/h17-18,24-27,31-32H,5-16,19-23H2,1-4H3,(H,30,33)/b18-17+/t24?,25?,26-,27+/m0/s1. The van der Waals surface area contributed by atoms with E-state index in [2.05, 4.69) is 33.0 Å². The number of hydrogen-bond acceptors (Lipinski definition) is 3. The molecule has 4 nitrogen and oxygen atoms in total. The Morgan fingerprint density at radius 3 is 1.91 bits per heavy atom. The Bertz CT molecular complexity index is 517. The summed E-state index contributed by atoms with van der Waals surface area (Å²) in [7, 11) is 0. The van der Waals surface area contributed by atoms with Crippen molar-refractivity contribution in [3.63, 3.8) is 0 Å². The van der Waals surface area contributed by atoms with Crippen LogP contribution in [0.4, 0.5) is 0 Å². The van der Waals surface area contributed by atoms with Crippen molar-refractivity contribution >= 4 is 5.91 Å². The summed E-state index contributed by atoms with van der Waals surface area (Å²) >= 11 is 0. The molecule has 3 N–H and O–H groups in total. The molecule has 0 aliphatic heterocycles. The van der Waals surface area contributed by atoms with Crippen molar-refractivity contribution < 1.29 is 15.0 Å². The Kier molecular flexibility index (Phi) is 16.0. The third-order valence-corrected chi connectivity index (χ3v) is 7.57. The second-order valence-corrected chi connectivity index (χ2v) is 11.5. The monoisotopic (exact) mass is 465 g/mol. The maximum Gasteiger partial charge on any atom is 0.223 e. The number of aliphatic hydroxyl groups is 2. The van der Waals surface area contributed by atoms with Gasteiger partial charge >= 0.3 is 0 Å². The van der Waals surface area contributed by atoms with Crippen molar-refractivity contribution in [3.05, 3.63) is 12.2 Å². The van der Waals surface area contributed by atoms with Crippen LogP contribution in [0.1, 0.15) is 130 Å². The minimum absolute atomic E-state index is 0.00479. The SMILES string of the molecule is CCCCCCCCCCCCC/C=C/[C@@H](O)[C@H](CO)NC(=O)C1CCC(C(C)(C)C)CC1. The van der Waals surface area contributed by atoms with Crippen LogP contribution in [-0.4, -0.2) is 34.9 Å². The van der Waals surface area contributed by atoms with Crippen molar-refractivity contribution in [3.8, 4) is 0 Å². The maximum absolute atomic E-state index is 12.7. The van der Waals surface area contributed by atoms with E-state index in [1.807, 2.05) is 6.08 Å². The highest BCUT2D eigenvalue weighted by Crippen LogP contribution is 2.39. The molecule has 0 aromatic heterocycles. The fourth-order valence-electron chi connectivity index (χ4n) is 5.06. The van der Waals surface area contributed by atoms with E-state index in [0.717, 1.165) is 38.5 Å². The summed E-state index contributed by atoms with van der Waals surface area (Å²) in [5.74, 6) is 0.656. The molecule has 1 rings (SSSR count). The Labute approximate surface area is 205 Å². The quantitative estimate of drug-likeness (QED) is 0.161. The van der Waals surface area contributed by atoms with Crippen molar-refractivity contribution in [1.82, 2.24) is 5.32 Å². The Balaban J connectivity index is 2.15. The largest absolute Gasteiger partial charge is 0.394 e. The Morgan fingerprint density at radius 2 is 1.42 bits per heavy atom. The Hall–Kier alpha value is -0.870. The van der Waals surface area contributed by atoms with Crippen LogP contribution in [0.2, 0.25) is 0 Å². The van der Waals surface area contributed by atoms with Crippen molar-refractivity contribution in [2.24, 2.45) is 17.3 Å². The number of nitrogens with one attached hydrogen (secondary N) is 1. The first-order valence-electron chi connectivity index (χ1n) is 14.1. The fourth-order valence-corrected chi connectivity index (χ4v) is 5.06. The van der Waals surface area contributed by atoms with Crippen LogP contribution in [-0.2, 0) is 4.79 Å². The third-order valence-electron chi connectivity index (χ3n) is 7.57. The molecule has 0 radical (unpaired) electrons. The summed E-state index contributed by atoms with van der Waals surface area (Å²) in [6.45, 7) is 8.85. The van der Waals surface area contributed by atoms with E-state index in [-0.39, 0.29) is 18.4 Å². The van der Waals surface area contributed by atoms with Gasteiger partial charge in [-0.2, -0.15) is 0 Å². The van der Waals surface area contributed by atoms with Gasteiger partial charge < -0.3 is 15.5 Å². The second-order valence-electron chi connectivity index (χ2n) is 11.5. The summed E-state index contributed by atoms with van der Waals surface area (Å²) in [4.78, 5) is 12.7. The van der Waals surface area contributed by atoms with Gasteiger partial charge in [-0.05, 0) is 49.9 Å². The fraction of sp³-hybridized carbons (Fsp3) is 0.897. The van der Waals surface area contributed by atoms with E-state index < -0.39 is 12.1 Å². The Morgan fingerprint density at radius 1 is 0.909 bits per heavy atom. The molecule has 0 saturated heterocycles. The molecule has 0 aromatic rings. The lowest BCUT2D eigenvalue weighted by Crippen LogP contribution is -2.48. The van der Waals surface area contributed by atoms with Crippen LogP contribution in [0.5, 0.6) is 0 Å². The second kappa shape index (κ2) is 17.5. The first-order valence-corrected chi connectivity index (χ1v) is 14.1. The van der Waals surface area contributed by atoms with Crippen molar-refractivity contribution in [2.75, 3.05) is 6.61 Å². The molecule has 1 aliphatic carbocycles. The molecule has 1 fully saturated rings. The molecule has 1 amide bonds. The van der Waals surface area contributed by atoms with Crippen LogP contribution in [0.3, 0.4) is 0 Å².